The van der Waals surface area contributed by atoms with Gasteiger partial charge in [-0.25, -0.2) is 4.98 Å². The lowest BCUT2D eigenvalue weighted by Crippen LogP contribution is -2.19. The Balaban J connectivity index is 1.99. The molecule has 0 aliphatic heterocycles. The van der Waals surface area contributed by atoms with Crippen LogP contribution in [0.4, 0.5) is 5.13 Å². The monoisotopic (exact) mass is 211 g/mol. The van der Waals surface area contributed by atoms with Crippen LogP contribution < -0.4 is 10.6 Å². The lowest BCUT2D eigenvalue weighted by atomic mass is 10.3. The van der Waals surface area contributed by atoms with Gasteiger partial charge in [0.15, 0.2) is 5.13 Å². The summed E-state index contributed by atoms with van der Waals surface area (Å²) < 4.78 is 0. The normalized spacial score (nSPS) is 18.2. The summed E-state index contributed by atoms with van der Waals surface area (Å²) in [6, 6.07) is 0.0503. The maximum absolute atomic E-state index is 5.77. The van der Waals surface area contributed by atoms with Gasteiger partial charge in [-0.2, -0.15) is 0 Å². The van der Waals surface area contributed by atoms with Crippen molar-refractivity contribution in [3.63, 3.8) is 0 Å². The molecule has 0 amide bonds. The third-order valence-corrected chi connectivity index (χ3v) is 3.51. The second kappa shape index (κ2) is 3.87. The quantitative estimate of drug-likeness (QED) is 0.828. The van der Waals surface area contributed by atoms with Crippen LogP contribution in [-0.4, -0.2) is 18.6 Å². The molecule has 0 saturated heterocycles. The number of nitrogens with zero attached hydrogens (tertiary/aromatic N) is 2. The maximum atomic E-state index is 5.77. The predicted molar refractivity (Wildman–Crippen MR) is 60.7 cm³/mol. The van der Waals surface area contributed by atoms with Crippen molar-refractivity contribution in [2.75, 3.05) is 18.5 Å². The molecule has 0 radical (unpaired) electrons. The topological polar surface area (TPSA) is 42.1 Å². The van der Waals surface area contributed by atoms with Crippen molar-refractivity contribution in [1.29, 1.82) is 0 Å². The highest BCUT2D eigenvalue weighted by Crippen LogP contribution is 2.32. The Labute approximate surface area is 88.9 Å². The number of hydrogen-bond donors (Lipinski definition) is 1. The van der Waals surface area contributed by atoms with E-state index < -0.39 is 0 Å². The van der Waals surface area contributed by atoms with Crippen molar-refractivity contribution in [1.82, 2.24) is 4.98 Å². The van der Waals surface area contributed by atoms with Crippen molar-refractivity contribution in [2.45, 2.75) is 25.8 Å². The highest BCUT2D eigenvalue weighted by molar-refractivity contribution is 7.13. The van der Waals surface area contributed by atoms with Crippen LogP contribution in [0.3, 0.4) is 0 Å². The maximum Gasteiger partial charge on any atom is 0.185 e. The lowest BCUT2D eigenvalue weighted by molar-refractivity contribution is 0.763. The molecule has 2 rings (SSSR count). The van der Waals surface area contributed by atoms with Gasteiger partial charge in [0.25, 0.3) is 0 Å². The molecule has 1 aromatic heterocycles. The fourth-order valence-electron chi connectivity index (χ4n) is 1.43. The number of hydrogen-bond acceptors (Lipinski definition) is 4. The zero-order valence-electron chi connectivity index (χ0n) is 8.73. The molecule has 1 aliphatic carbocycles. The first-order valence-electron chi connectivity index (χ1n) is 5.09. The van der Waals surface area contributed by atoms with Gasteiger partial charge in [0.1, 0.15) is 0 Å². The van der Waals surface area contributed by atoms with E-state index in [1.54, 1.807) is 11.3 Å². The smallest absolute Gasteiger partial charge is 0.185 e. The van der Waals surface area contributed by atoms with Crippen molar-refractivity contribution >= 4 is 16.5 Å². The van der Waals surface area contributed by atoms with E-state index in [2.05, 4.69) is 22.3 Å². The Morgan fingerprint density at radius 2 is 2.43 bits per heavy atom. The molecule has 0 spiro atoms. The van der Waals surface area contributed by atoms with Gasteiger partial charge in [0.05, 0.1) is 5.69 Å². The number of aromatic nitrogens is 1. The van der Waals surface area contributed by atoms with E-state index in [1.807, 2.05) is 6.92 Å². The highest BCUT2D eigenvalue weighted by Gasteiger charge is 2.23. The van der Waals surface area contributed by atoms with Gasteiger partial charge in [-0.15, -0.1) is 11.3 Å². The lowest BCUT2D eigenvalue weighted by Gasteiger charge is -2.14. The number of thiazole rings is 1. The number of nitrogens with two attached hydrogens (primary N) is 1. The molecule has 1 fully saturated rings. The summed E-state index contributed by atoms with van der Waals surface area (Å²) in [5, 5.41) is 3.16. The number of anilines is 1. The van der Waals surface area contributed by atoms with E-state index in [9.17, 15) is 0 Å². The second-order valence-electron chi connectivity index (χ2n) is 4.17. The Kier molecular flexibility index (Phi) is 2.74. The second-order valence-corrected chi connectivity index (χ2v) is 5.00. The first kappa shape index (κ1) is 9.93. The van der Waals surface area contributed by atoms with E-state index in [0.717, 1.165) is 23.3 Å². The zero-order chi connectivity index (χ0) is 10.1. The standard InChI is InChI=1S/C10H17N3S/c1-7(11)9-6-14-10(12-9)13(2)5-8-3-4-8/h6-8H,3-5,11H2,1-2H3. The summed E-state index contributed by atoms with van der Waals surface area (Å²) in [5.41, 5.74) is 6.77. The van der Waals surface area contributed by atoms with Gasteiger partial charge in [-0.05, 0) is 25.7 Å². The molecule has 1 saturated carbocycles. The van der Waals surface area contributed by atoms with E-state index in [4.69, 9.17) is 5.73 Å². The minimum atomic E-state index is 0.0503. The molecule has 1 atom stereocenters. The van der Waals surface area contributed by atoms with Crippen LogP contribution in [-0.2, 0) is 0 Å². The molecule has 4 heteroatoms. The molecule has 1 aromatic rings. The van der Waals surface area contributed by atoms with Gasteiger partial charge >= 0.3 is 0 Å². The molecule has 2 N–H and O–H groups in total. The van der Waals surface area contributed by atoms with Crippen molar-refractivity contribution in [3.05, 3.63) is 11.1 Å². The summed E-state index contributed by atoms with van der Waals surface area (Å²) in [6.07, 6.45) is 2.77. The van der Waals surface area contributed by atoms with E-state index in [1.165, 1.54) is 12.8 Å². The molecular formula is C10H17N3S. The van der Waals surface area contributed by atoms with Gasteiger partial charge < -0.3 is 10.6 Å². The summed E-state index contributed by atoms with van der Waals surface area (Å²) in [6.45, 7) is 3.12. The van der Waals surface area contributed by atoms with E-state index in [-0.39, 0.29) is 6.04 Å². The molecule has 3 nitrogen and oxygen atoms in total. The molecule has 14 heavy (non-hydrogen) atoms. The van der Waals surface area contributed by atoms with Gasteiger partial charge in [-0.1, -0.05) is 0 Å². The average Bonchev–Trinajstić information content (AvgIpc) is 2.81. The summed E-state index contributed by atoms with van der Waals surface area (Å²) >= 11 is 1.69. The van der Waals surface area contributed by atoms with Crippen molar-refractivity contribution < 1.29 is 0 Å². The van der Waals surface area contributed by atoms with Crippen LogP contribution >= 0.6 is 11.3 Å². The molecule has 78 valence electrons. The predicted octanol–water partition coefficient (Wildman–Crippen LogP) is 2.01. The Morgan fingerprint density at radius 1 is 1.71 bits per heavy atom. The van der Waals surface area contributed by atoms with E-state index >= 15 is 0 Å². The van der Waals surface area contributed by atoms with Gasteiger partial charge in [0.2, 0.25) is 0 Å². The molecule has 0 bridgehead atoms. The third-order valence-electron chi connectivity index (χ3n) is 2.53. The van der Waals surface area contributed by atoms with E-state index in [0.29, 0.717) is 0 Å². The van der Waals surface area contributed by atoms with Crippen LogP contribution in [0.1, 0.15) is 31.5 Å². The average molecular weight is 211 g/mol. The van der Waals surface area contributed by atoms with Gasteiger partial charge in [-0.3, -0.25) is 0 Å². The molecule has 1 unspecified atom stereocenters. The SMILES string of the molecule is CC(N)c1csc(N(C)CC2CC2)n1. The Morgan fingerprint density at radius 3 is 2.93 bits per heavy atom. The first-order chi connectivity index (χ1) is 6.66. The van der Waals surface area contributed by atoms with Crippen molar-refractivity contribution in [2.24, 2.45) is 11.7 Å². The highest BCUT2D eigenvalue weighted by atomic mass is 32.1. The molecule has 1 aliphatic rings. The number of rotatable bonds is 4. The summed E-state index contributed by atoms with van der Waals surface area (Å²) in [7, 11) is 2.11. The van der Waals surface area contributed by atoms with Crippen LogP contribution in [0.5, 0.6) is 0 Å². The van der Waals surface area contributed by atoms with Crippen LogP contribution in [0, 0.1) is 5.92 Å². The minimum Gasteiger partial charge on any atom is -0.351 e. The van der Waals surface area contributed by atoms with Crippen LogP contribution in [0.25, 0.3) is 0 Å². The Hall–Kier alpha value is -0.610. The zero-order valence-corrected chi connectivity index (χ0v) is 9.55. The summed E-state index contributed by atoms with van der Waals surface area (Å²) in [4.78, 5) is 6.75. The minimum absolute atomic E-state index is 0.0503. The summed E-state index contributed by atoms with van der Waals surface area (Å²) in [5.74, 6) is 0.905. The molecule has 0 aromatic carbocycles. The fourth-order valence-corrected chi connectivity index (χ4v) is 2.33. The fraction of sp³-hybridized carbons (Fsp3) is 0.700. The first-order valence-corrected chi connectivity index (χ1v) is 5.97. The van der Waals surface area contributed by atoms with Crippen molar-refractivity contribution in [3.8, 4) is 0 Å². The largest absolute Gasteiger partial charge is 0.351 e. The van der Waals surface area contributed by atoms with Crippen LogP contribution in [0.2, 0.25) is 0 Å². The Bertz CT molecular complexity index is 304. The van der Waals surface area contributed by atoms with Crippen LogP contribution in [0.15, 0.2) is 5.38 Å². The van der Waals surface area contributed by atoms with Gasteiger partial charge in [0, 0.05) is 25.0 Å². The third kappa shape index (κ3) is 2.25. The molecule has 1 heterocycles. The molecular weight excluding hydrogens is 194 g/mol.